The Morgan fingerprint density at radius 1 is 0.714 bits per heavy atom. The van der Waals surface area contributed by atoms with Crippen molar-refractivity contribution in [3.8, 4) is 0 Å². The number of primary amides is 2. The first-order chi connectivity index (χ1) is 31.8. The van der Waals surface area contributed by atoms with Crippen molar-refractivity contribution in [3.05, 3.63) is 22.9 Å². The molecule has 0 aromatic heterocycles. The zero-order valence-corrected chi connectivity index (χ0v) is 46.6. The summed E-state index contributed by atoms with van der Waals surface area (Å²) in [5.74, 6) is -3.62. The molecule has 25 unspecified atom stereocenters. The molecule has 5 aliphatic heterocycles. The molecule has 0 aromatic carbocycles. The van der Waals surface area contributed by atoms with Crippen molar-refractivity contribution < 1.29 is 216 Å². The van der Waals surface area contributed by atoms with E-state index < -0.39 is 201 Å². The summed E-state index contributed by atoms with van der Waals surface area (Å²) in [5, 5.41) is 130. The van der Waals surface area contributed by atoms with E-state index in [2.05, 4.69) is 5.32 Å². The number of allylic oxidation sites excluding steroid dienone is 2. The predicted molar refractivity (Wildman–Crippen MR) is 209 cm³/mol. The number of hydrogen-bond acceptors (Lipinski definition) is 26. The molecule has 394 valence electrons. The second-order valence-electron chi connectivity index (χ2n) is 17.1. The van der Waals surface area contributed by atoms with Gasteiger partial charge in [-0.1, -0.05) is 12.1 Å². The van der Waals surface area contributed by atoms with E-state index in [0.717, 1.165) is 6.92 Å². The first-order valence-corrected chi connectivity index (χ1v) is 21.0. The van der Waals surface area contributed by atoms with Gasteiger partial charge in [0, 0.05) is 101 Å². The van der Waals surface area contributed by atoms with Crippen LogP contribution in [0.25, 0.3) is 11.5 Å². The van der Waals surface area contributed by atoms with E-state index in [9.17, 15) is 80.5 Å². The summed E-state index contributed by atoms with van der Waals surface area (Å²) >= 11 is 0. The minimum absolute atomic E-state index is 0. The second-order valence-corrected chi connectivity index (χ2v) is 17.1. The minimum atomic E-state index is -2.56. The van der Waals surface area contributed by atoms with Crippen LogP contribution < -0.4 is 16.8 Å². The molecule has 5 fully saturated rings. The number of rotatable bonds is 14. The monoisotopic (exact) mass is 1440 g/mol. The summed E-state index contributed by atoms with van der Waals surface area (Å²) in [5.41, 5.74) is 25.2. The molecular weight excluding hydrogens is 1380 g/mol. The van der Waals surface area contributed by atoms with E-state index in [1.54, 1.807) is 0 Å². The summed E-state index contributed by atoms with van der Waals surface area (Å²) in [6.45, 7) is 0.443. The average molecular weight is 1440 g/mol. The molecule has 2 radical (unpaired) electrons. The van der Waals surface area contributed by atoms with Gasteiger partial charge in [-0.15, -0.1) is 0 Å². The van der Waals surface area contributed by atoms with Gasteiger partial charge in [0.15, 0.2) is 49.1 Å². The van der Waals surface area contributed by atoms with Gasteiger partial charge < -0.3 is 137 Å². The molecule has 25 atom stereocenters. The normalized spacial score (nSPS) is 46.6. The Balaban J connectivity index is 0.00000533. The predicted octanol–water partition coefficient (Wildman–Crippen LogP) is -8.53. The van der Waals surface area contributed by atoms with Crippen LogP contribution in [0.5, 0.6) is 0 Å². The standard InChI is InChI=1S/C37H57N5O26.2Ac/c1-7-23(63-35-22(53)19(50)20(51)25(65-35)30(55)42-14-8(44)3-4-9(14)45)16(47)12(38)32(60-7)64-24-11(6-59-34-21(52)18(49)15(46)10(5-43)61-34)62-33(13(39)17(24)48)66-26-27(68-36(41)57)37(2,58)28(29(40)54)67-31(26)56;;/h7,10-13,15-28,31-35,38-39,43-44,46-53,56,58H,3-6H2,1-2H3,(H2,40,54)(H2,41,57)(H,42,55);;/q-2;;. The number of aliphatic hydroxyl groups excluding tert-OH is 11. The Morgan fingerprint density at radius 3 is 1.83 bits per heavy atom. The Morgan fingerprint density at radius 2 is 1.26 bits per heavy atom. The number of carbonyl (C=O) groups is 4. The van der Waals surface area contributed by atoms with Gasteiger partial charge in [0.25, 0.3) is 5.91 Å². The van der Waals surface area contributed by atoms with Crippen LogP contribution in [-0.4, -0.2) is 251 Å². The molecule has 5 saturated heterocycles. The zero-order chi connectivity index (χ0) is 50.4. The fourth-order valence-electron chi connectivity index (χ4n) is 8.47. The molecule has 5 heterocycles. The van der Waals surface area contributed by atoms with Crippen LogP contribution in [0.3, 0.4) is 0 Å². The van der Waals surface area contributed by atoms with E-state index >= 15 is 0 Å². The maximum Gasteiger partial charge on any atom is 0.404 e. The van der Waals surface area contributed by atoms with Crippen molar-refractivity contribution >= 4 is 23.7 Å². The molecular formula is C37H57Ac2N5O26-2. The number of carbonyl (C=O) groups excluding carboxylic acids is 4. The Labute approximate surface area is 467 Å². The van der Waals surface area contributed by atoms with E-state index in [1.807, 2.05) is 0 Å². The smallest absolute Gasteiger partial charge is 0.404 e. The molecule has 31 nitrogen and oxygen atoms in total. The molecule has 3 amide bonds. The minimum Gasteiger partial charge on any atom is -0.668 e. The molecule has 6 rings (SSSR count). The van der Waals surface area contributed by atoms with Gasteiger partial charge in [0.2, 0.25) is 5.91 Å². The fourth-order valence-corrected chi connectivity index (χ4v) is 8.47. The quantitative estimate of drug-likeness (QED) is 0.0768. The molecule has 0 spiro atoms. The van der Waals surface area contributed by atoms with Gasteiger partial charge >= 0.3 is 6.09 Å². The number of hydrogen-bond donors (Lipinski definition) is 15. The van der Waals surface area contributed by atoms with Crippen molar-refractivity contribution in [2.75, 3.05) is 13.2 Å². The van der Waals surface area contributed by atoms with Crippen LogP contribution in [0.2, 0.25) is 0 Å². The Bertz CT molecular complexity index is 1860. The molecule has 1 aliphatic carbocycles. The van der Waals surface area contributed by atoms with E-state index in [1.165, 1.54) is 6.92 Å². The van der Waals surface area contributed by atoms with Gasteiger partial charge in [-0.2, -0.15) is 0 Å². The summed E-state index contributed by atoms with van der Waals surface area (Å²) in [4.78, 5) is 49.2. The van der Waals surface area contributed by atoms with Gasteiger partial charge in [-0.25, -0.2) is 4.79 Å². The zero-order valence-electron chi connectivity index (χ0n) is 37.1. The molecule has 0 aromatic rings. The van der Waals surface area contributed by atoms with Crippen LogP contribution >= 0.6 is 0 Å². The van der Waals surface area contributed by atoms with Crippen LogP contribution in [0.15, 0.2) is 11.5 Å². The molecule has 33 heteroatoms. The second kappa shape index (κ2) is 25.5. The number of Topliss-reactive ketones (excluding diaryl/α,β-unsaturated/α-hetero) is 1. The van der Waals surface area contributed by atoms with Crippen LogP contribution in [0.4, 0.5) is 4.79 Å². The van der Waals surface area contributed by atoms with Crippen LogP contribution in [0, 0.1) is 88.1 Å². The summed E-state index contributed by atoms with van der Waals surface area (Å²) in [6.07, 6.45) is -44.3. The van der Waals surface area contributed by atoms with Crippen LogP contribution in [-0.2, 0) is 61.8 Å². The number of amides is 3. The first-order valence-electron chi connectivity index (χ1n) is 21.0. The Hall–Kier alpha value is -0.577. The van der Waals surface area contributed by atoms with E-state index in [0.29, 0.717) is 0 Å². The number of nitrogens with one attached hydrogen (secondary N) is 3. The van der Waals surface area contributed by atoms with E-state index in [-0.39, 0.29) is 101 Å². The molecule has 0 saturated carbocycles. The topological polar surface area (TPSA) is 515 Å². The number of ether oxygens (including phenoxy) is 10. The van der Waals surface area contributed by atoms with Crippen molar-refractivity contribution in [1.29, 1.82) is 0 Å². The molecule has 70 heavy (non-hydrogen) atoms. The fraction of sp³-hybridized carbons (Fsp3) is 0.838. The maximum absolute atomic E-state index is 13.1. The number of aliphatic hydroxyl groups is 12. The maximum atomic E-state index is 13.1. The number of nitrogens with two attached hydrogens (primary N) is 2. The SMILES string of the molecule is CC1OC(OC2C(COC3OC(CO)C(O)C(O)C3O)OC(OC3C(O)OC(C(N)=O)C(C)(O)C3OC(N)=O)C([NH-])C2O)C([NH-])C(O)C1OC1OC(C(=O)NC2=C(O)CCC2=O)C(O)C(O)C1O.[Ac].[Ac]. The van der Waals surface area contributed by atoms with Gasteiger partial charge in [0.05, 0.1) is 31.5 Å². The van der Waals surface area contributed by atoms with Crippen molar-refractivity contribution in [3.63, 3.8) is 0 Å². The van der Waals surface area contributed by atoms with Crippen molar-refractivity contribution in [2.45, 2.75) is 180 Å². The summed E-state index contributed by atoms with van der Waals surface area (Å²) < 4.78 is 55.8. The third kappa shape index (κ3) is 13.0. The molecule has 0 bridgehead atoms. The average Bonchev–Trinajstić information content (AvgIpc) is 3.59. The van der Waals surface area contributed by atoms with Gasteiger partial charge in [-0.3, -0.25) is 14.4 Å². The van der Waals surface area contributed by atoms with Crippen LogP contribution in [0.1, 0.15) is 26.7 Å². The largest absolute Gasteiger partial charge is 0.668 e. The van der Waals surface area contributed by atoms with Gasteiger partial charge in [0.1, 0.15) is 90.7 Å². The summed E-state index contributed by atoms with van der Waals surface area (Å²) in [7, 11) is 0. The third-order valence-electron chi connectivity index (χ3n) is 12.3. The molecule has 6 aliphatic rings. The third-order valence-corrected chi connectivity index (χ3v) is 12.3. The van der Waals surface area contributed by atoms with Gasteiger partial charge in [-0.05, 0) is 13.8 Å². The number of ketones is 1. The Kier molecular flexibility index (Phi) is 22.6. The van der Waals surface area contributed by atoms with E-state index in [4.69, 9.17) is 70.3 Å². The van der Waals surface area contributed by atoms with Crippen molar-refractivity contribution in [1.82, 2.24) is 5.32 Å². The van der Waals surface area contributed by atoms with Crippen molar-refractivity contribution in [2.24, 2.45) is 11.5 Å². The summed E-state index contributed by atoms with van der Waals surface area (Å²) in [6, 6.07) is -3.97. The first kappa shape index (κ1) is 62.0. The molecule has 19 N–H and O–H groups in total.